The first-order valence-corrected chi connectivity index (χ1v) is 6.49. The minimum atomic E-state index is -0.983. The summed E-state index contributed by atoms with van der Waals surface area (Å²) < 4.78 is 13.2. The number of carboxylic acids is 1. The van der Waals surface area contributed by atoms with E-state index in [1.54, 1.807) is 12.1 Å². The molecular formula is C16H19FO2. The van der Waals surface area contributed by atoms with Crippen LogP contribution in [-0.2, 0) is 4.79 Å². The standard InChI is InChI=1S/C16H19FO2/c1-2-3-4-7-13(8-6-11-16(18)19)14-9-5-10-15(17)12-14/h5-6,8-12H,2-4,7H2,1H3,(H,18,19)/b11-6+,13-8+. The Hall–Kier alpha value is -1.90. The van der Waals surface area contributed by atoms with Gasteiger partial charge in [0.2, 0.25) is 0 Å². The second-order valence-electron chi connectivity index (χ2n) is 4.36. The number of hydrogen-bond donors (Lipinski definition) is 1. The lowest BCUT2D eigenvalue weighted by molar-refractivity contribution is -0.131. The first-order valence-electron chi connectivity index (χ1n) is 6.49. The zero-order valence-corrected chi connectivity index (χ0v) is 11.1. The van der Waals surface area contributed by atoms with Gasteiger partial charge >= 0.3 is 5.97 Å². The van der Waals surface area contributed by atoms with Crippen molar-refractivity contribution < 1.29 is 14.3 Å². The van der Waals surface area contributed by atoms with Crippen LogP contribution in [0.2, 0.25) is 0 Å². The molecule has 19 heavy (non-hydrogen) atoms. The highest BCUT2D eigenvalue weighted by atomic mass is 19.1. The normalized spacial score (nSPS) is 12.0. The number of halogens is 1. The molecule has 0 aliphatic heterocycles. The number of hydrogen-bond acceptors (Lipinski definition) is 1. The second kappa shape index (κ2) is 8.25. The molecule has 0 aliphatic rings. The van der Waals surface area contributed by atoms with Crippen LogP contribution in [0, 0.1) is 5.82 Å². The van der Waals surface area contributed by atoms with Crippen molar-refractivity contribution in [3.63, 3.8) is 0 Å². The van der Waals surface area contributed by atoms with Gasteiger partial charge in [0.05, 0.1) is 0 Å². The Morgan fingerprint density at radius 3 is 2.79 bits per heavy atom. The van der Waals surface area contributed by atoms with Crippen LogP contribution in [0.3, 0.4) is 0 Å². The molecule has 0 atom stereocenters. The second-order valence-corrected chi connectivity index (χ2v) is 4.36. The van der Waals surface area contributed by atoms with Crippen molar-refractivity contribution >= 4 is 11.5 Å². The van der Waals surface area contributed by atoms with Gasteiger partial charge in [0.1, 0.15) is 5.82 Å². The number of benzene rings is 1. The van der Waals surface area contributed by atoms with Gasteiger partial charge in [0, 0.05) is 6.08 Å². The van der Waals surface area contributed by atoms with Crippen molar-refractivity contribution in [1.82, 2.24) is 0 Å². The van der Waals surface area contributed by atoms with Crippen molar-refractivity contribution in [1.29, 1.82) is 0 Å². The summed E-state index contributed by atoms with van der Waals surface area (Å²) in [6.07, 6.45) is 8.38. The highest BCUT2D eigenvalue weighted by Gasteiger charge is 2.02. The Kier molecular flexibility index (Phi) is 6.58. The van der Waals surface area contributed by atoms with Crippen LogP contribution in [0.1, 0.15) is 38.2 Å². The van der Waals surface area contributed by atoms with Crippen LogP contribution in [0.5, 0.6) is 0 Å². The van der Waals surface area contributed by atoms with Crippen molar-refractivity contribution in [2.24, 2.45) is 0 Å². The molecule has 0 aliphatic carbocycles. The Balaban J connectivity index is 2.88. The Labute approximate surface area is 113 Å². The van der Waals surface area contributed by atoms with Crippen LogP contribution in [0.25, 0.3) is 5.57 Å². The van der Waals surface area contributed by atoms with Crippen LogP contribution in [0.4, 0.5) is 4.39 Å². The molecule has 0 amide bonds. The lowest BCUT2D eigenvalue weighted by atomic mass is 9.99. The van der Waals surface area contributed by atoms with Gasteiger partial charge in [-0.15, -0.1) is 0 Å². The van der Waals surface area contributed by atoms with E-state index in [0.717, 1.165) is 42.9 Å². The summed E-state index contributed by atoms with van der Waals surface area (Å²) in [6.45, 7) is 2.12. The number of aliphatic carboxylic acids is 1. The molecular weight excluding hydrogens is 243 g/mol. The number of carboxylic acid groups (broad SMARTS) is 1. The van der Waals surface area contributed by atoms with E-state index in [1.807, 2.05) is 6.07 Å². The van der Waals surface area contributed by atoms with Crippen LogP contribution in [-0.4, -0.2) is 11.1 Å². The molecule has 0 unspecified atom stereocenters. The van der Waals surface area contributed by atoms with Crippen LogP contribution >= 0.6 is 0 Å². The predicted octanol–water partition coefficient (Wildman–Crippen LogP) is 4.43. The van der Waals surface area contributed by atoms with E-state index in [9.17, 15) is 9.18 Å². The fourth-order valence-corrected chi connectivity index (χ4v) is 1.82. The van der Waals surface area contributed by atoms with Gasteiger partial charge in [-0.1, -0.05) is 44.1 Å². The average molecular weight is 262 g/mol. The minimum absolute atomic E-state index is 0.277. The third-order valence-corrected chi connectivity index (χ3v) is 2.78. The van der Waals surface area contributed by atoms with Crippen molar-refractivity contribution in [3.8, 4) is 0 Å². The lowest BCUT2D eigenvalue weighted by Gasteiger charge is -2.07. The molecule has 1 rings (SSSR count). The average Bonchev–Trinajstić information content (AvgIpc) is 2.37. The molecule has 3 heteroatoms. The third-order valence-electron chi connectivity index (χ3n) is 2.78. The minimum Gasteiger partial charge on any atom is -0.478 e. The van der Waals surface area contributed by atoms with E-state index in [2.05, 4.69) is 6.92 Å². The largest absolute Gasteiger partial charge is 0.478 e. The third kappa shape index (κ3) is 6.00. The van der Waals surface area contributed by atoms with E-state index >= 15 is 0 Å². The summed E-state index contributed by atoms with van der Waals surface area (Å²) in [5.74, 6) is -1.26. The molecule has 2 nitrogen and oxygen atoms in total. The number of unbranched alkanes of at least 4 members (excludes halogenated alkanes) is 2. The molecule has 0 saturated heterocycles. The maximum Gasteiger partial charge on any atom is 0.328 e. The topological polar surface area (TPSA) is 37.3 Å². The maximum atomic E-state index is 13.2. The van der Waals surface area contributed by atoms with Crippen LogP contribution in [0.15, 0.2) is 42.5 Å². The van der Waals surface area contributed by atoms with E-state index in [1.165, 1.54) is 18.2 Å². The van der Waals surface area contributed by atoms with Gasteiger partial charge in [0.15, 0.2) is 0 Å². The summed E-state index contributed by atoms with van der Waals surface area (Å²) in [6, 6.07) is 6.39. The monoisotopic (exact) mass is 262 g/mol. The summed E-state index contributed by atoms with van der Waals surface area (Å²) in [7, 11) is 0. The molecule has 0 spiro atoms. The number of rotatable bonds is 7. The summed E-state index contributed by atoms with van der Waals surface area (Å²) >= 11 is 0. The molecule has 1 aromatic rings. The van der Waals surface area contributed by atoms with Crippen molar-refractivity contribution in [2.45, 2.75) is 32.6 Å². The van der Waals surface area contributed by atoms with Gasteiger partial charge in [-0.25, -0.2) is 9.18 Å². The Morgan fingerprint density at radius 1 is 1.37 bits per heavy atom. The first kappa shape index (κ1) is 15.2. The Morgan fingerprint density at radius 2 is 2.16 bits per heavy atom. The van der Waals surface area contributed by atoms with Crippen molar-refractivity contribution in [2.75, 3.05) is 0 Å². The molecule has 0 heterocycles. The SMILES string of the molecule is CCCCC/C(=C\C=C\C(=O)O)c1cccc(F)c1. The van der Waals surface area contributed by atoms with Gasteiger partial charge < -0.3 is 5.11 Å². The van der Waals surface area contributed by atoms with Crippen LogP contribution < -0.4 is 0 Å². The van der Waals surface area contributed by atoms with E-state index < -0.39 is 5.97 Å². The lowest BCUT2D eigenvalue weighted by Crippen LogP contribution is -1.88. The summed E-state index contributed by atoms with van der Waals surface area (Å²) in [5, 5.41) is 8.58. The zero-order valence-electron chi connectivity index (χ0n) is 11.1. The number of carbonyl (C=O) groups is 1. The predicted molar refractivity (Wildman–Crippen MR) is 75.3 cm³/mol. The molecule has 1 aromatic carbocycles. The smallest absolute Gasteiger partial charge is 0.328 e. The fraction of sp³-hybridized carbons (Fsp3) is 0.312. The van der Waals surface area contributed by atoms with E-state index in [4.69, 9.17) is 5.11 Å². The highest BCUT2D eigenvalue weighted by molar-refractivity contribution is 5.80. The van der Waals surface area contributed by atoms with Gasteiger partial charge in [-0.05, 0) is 36.1 Å². The Bertz CT molecular complexity index is 475. The molecule has 1 N–H and O–H groups in total. The van der Waals surface area contributed by atoms with E-state index in [-0.39, 0.29) is 5.82 Å². The highest BCUT2D eigenvalue weighted by Crippen LogP contribution is 2.22. The number of allylic oxidation sites excluding steroid dienone is 3. The zero-order chi connectivity index (χ0) is 14.1. The quantitative estimate of drug-likeness (QED) is 0.448. The first-order chi connectivity index (χ1) is 9.13. The molecule has 102 valence electrons. The maximum absolute atomic E-state index is 13.2. The molecule has 0 fully saturated rings. The summed E-state index contributed by atoms with van der Waals surface area (Å²) in [5.41, 5.74) is 1.77. The van der Waals surface area contributed by atoms with Gasteiger partial charge in [-0.3, -0.25) is 0 Å². The molecule has 0 aromatic heterocycles. The summed E-state index contributed by atoms with van der Waals surface area (Å²) in [4.78, 5) is 10.5. The van der Waals surface area contributed by atoms with Crippen molar-refractivity contribution in [3.05, 3.63) is 53.9 Å². The van der Waals surface area contributed by atoms with Gasteiger partial charge in [-0.2, -0.15) is 0 Å². The molecule has 0 bridgehead atoms. The van der Waals surface area contributed by atoms with Gasteiger partial charge in [0.25, 0.3) is 0 Å². The molecule has 0 saturated carbocycles. The fourth-order valence-electron chi connectivity index (χ4n) is 1.82. The molecule has 0 radical (unpaired) electrons. The van der Waals surface area contributed by atoms with E-state index in [0.29, 0.717) is 0 Å².